The Morgan fingerprint density at radius 1 is 1.14 bits per heavy atom. The molecule has 1 aromatic heterocycles. The summed E-state index contributed by atoms with van der Waals surface area (Å²) in [5, 5.41) is 2.62. The number of carbonyl (C=O) groups excluding carboxylic acids is 2. The van der Waals surface area contributed by atoms with Crippen LogP contribution in [0.4, 0.5) is 5.82 Å². The van der Waals surface area contributed by atoms with Gasteiger partial charge in [-0.15, -0.1) is 0 Å². The van der Waals surface area contributed by atoms with Crippen LogP contribution in [0.5, 0.6) is 5.75 Å². The van der Waals surface area contributed by atoms with Crippen LogP contribution in [0.25, 0.3) is 6.08 Å². The van der Waals surface area contributed by atoms with Gasteiger partial charge in [0.2, 0.25) is 5.78 Å². The molecule has 1 aromatic carbocycles. The minimum absolute atomic E-state index is 0.0978. The van der Waals surface area contributed by atoms with Crippen molar-refractivity contribution in [2.45, 2.75) is 0 Å². The van der Waals surface area contributed by atoms with Gasteiger partial charge in [-0.1, -0.05) is 12.1 Å². The molecule has 1 aliphatic rings. The van der Waals surface area contributed by atoms with Crippen molar-refractivity contribution in [3.63, 3.8) is 0 Å². The maximum atomic E-state index is 12.4. The van der Waals surface area contributed by atoms with Gasteiger partial charge in [-0.2, -0.15) is 0 Å². The Morgan fingerprint density at radius 3 is 2.62 bits per heavy atom. The number of Topliss-reactive ketones (excluding diaryl/α,β-unsaturated/α-hetero) is 1. The van der Waals surface area contributed by atoms with Crippen LogP contribution >= 0.6 is 0 Å². The molecule has 0 bridgehead atoms. The van der Waals surface area contributed by atoms with Crippen molar-refractivity contribution in [1.29, 1.82) is 0 Å². The number of hydrogen-bond acceptors (Lipinski definition) is 4. The first-order chi connectivity index (χ1) is 10.2. The van der Waals surface area contributed by atoms with E-state index in [0.29, 0.717) is 17.1 Å². The minimum Gasteiger partial charge on any atom is -0.497 e. The highest BCUT2D eigenvalue weighted by Crippen LogP contribution is 2.24. The van der Waals surface area contributed by atoms with Crippen LogP contribution in [0.15, 0.2) is 48.2 Å². The number of nitrogens with one attached hydrogen (secondary N) is 1. The number of ketones is 1. The average molecular weight is 280 g/mol. The molecule has 0 fully saturated rings. The lowest BCUT2D eigenvalue weighted by molar-refractivity contribution is -0.112. The second-order valence-corrected chi connectivity index (χ2v) is 4.51. The molecule has 0 aliphatic carbocycles. The van der Waals surface area contributed by atoms with Crippen molar-refractivity contribution in [1.82, 2.24) is 4.98 Å². The SMILES string of the molecule is COc1ccc(/C=C2\C(=O)Nc3ncccc3C2=O)cc1. The summed E-state index contributed by atoms with van der Waals surface area (Å²) in [6, 6.07) is 10.4. The first-order valence-corrected chi connectivity index (χ1v) is 6.36. The molecule has 1 amide bonds. The third-order valence-electron chi connectivity index (χ3n) is 3.20. The normalized spacial score (nSPS) is 15.6. The quantitative estimate of drug-likeness (QED) is 0.677. The summed E-state index contributed by atoms with van der Waals surface area (Å²) in [5.74, 6) is 0.255. The van der Waals surface area contributed by atoms with Crippen LogP contribution in [-0.2, 0) is 4.79 Å². The highest BCUT2D eigenvalue weighted by molar-refractivity contribution is 6.35. The summed E-state index contributed by atoms with van der Waals surface area (Å²) in [6.07, 6.45) is 3.09. The van der Waals surface area contributed by atoms with Crippen LogP contribution < -0.4 is 10.1 Å². The Bertz CT molecular complexity index is 748. The van der Waals surface area contributed by atoms with Gasteiger partial charge in [0.25, 0.3) is 5.91 Å². The van der Waals surface area contributed by atoms with Gasteiger partial charge in [0.1, 0.15) is 11.6 Å². The summed E-state index contributed by atoms with van der Waals surface area (Å²) in [6.45, 7) is 0. The van der Waals surface area contributed by atoms with Gasteiger partial charge in [0.15, 0.2) is 0 Å². The molecular weight excluding hydrogens is 268 g/mol. The number of fused-ring (bicyclic) bond motifs is 1. The summed E-state index contributed by atoms with van der Waals surface area (Å²) < 4.78 is 5.07. The Hall–Kier alpha value is -2.95. The van der Waals surface area contributed by atoms with Crippen LogP contribution in [0.1, 0.15) is 15.9 Å². The number of amides is 1. The van der Waals surface area contributed by atoms with E-state index in [1.165, 1.54) is 6.20 Å². The molecule has 2 heterocycles. The number of benzene rings is 1. The fraction of sp³-hybridized carbons (Fsp3) is 0.0625. The third-order valence-corrected chi connectivity index (χ3v) is 3.20. The molecule has 0 atom stereocenters. The molecule has 0 unspecified atom stereocenters. The molecule has 1 aliphatic heterocycles. The van der Waals surface area contributed by atoms with Crippen molar-refractivity contribution >= 4 is 23.6 Å². The smallest absolute Gasteiger partial charge is 0.260 e. The maximum Gasteiger partial charge on any atom is 0.260 e. The largest absolute Gasteiger partial charge is 0.497 e. The van der Waals surface area contributed by atoms with E-state index < -0.39 is 5.91 Å². The van der Waals surface area contributed by atoms with Crippen LogP contribution in [0, 0.1) is 0 Å². The van der Waals surface area contributed by atoms with E-state index in [2.05, 4.69) is 10.3 Å². The minimum atomic E-state index is -0.443. The number of nitrogens with zero attached hydrogens (tertiary/aromatic N) is 1. The molecule has 5 heteroatoms. The number of pyridine rings is 1. The van der Waals surface area contributed by atoms with E-state index >= 15 is 0 Å². The lowest BCUT2D eigenvalue weighted by atomic mass is 9.97. The van der Waals surface area contributed by atoms with Gasteiger partial charge in [-0.25, -0.2) is 4.98 Å². The van der Waals surface area contributed by atoms with Crippen molar-refractivity contribution in [2.75, 3.05) is 12.4 Å². The van der Waals surface area contributed by atoms with Crippen molar-refractivity contribution < 1.29 is 14.3 Å². The van der Waals surface area contributed by atoms with Gasteiger partial charge >= 0.3 is 0 Å². The van der Waals surface area contributed by atoms with Crippen molar-refractivity contribution in [3.05, 3.63) is 59.3 Å². The highest BCUT2D eigenvalue weighted by Gasteiger charge is 2.28. The van der Waals surface area contributed by atoms with E-state index in [9.17, 15) is 9.59 Å². The van der Waals surface area contributed by atoms with Crippen molar-refractivity contribution in [2.24, 2.45) is 0 Å². The van der Waals surface area contributed by atoms with E-state index in [4.69, 9.17) is 4.74 Å². The average Bonchev–Trinajstić information content (AvgIpc) is 2.52. The van der Waals surface area contributed by atoms with Gasteiger partial charge in [-0.05, 0) is 35.9 Å². The van der Waals surface area contributed by atoms with E-state index in [1.807, 2.05) is 0 Å². The molecule has 3 rings (SSSR count). The Morgan fingerprint density at radius 2 is 1.90 bits per heavy atom. The number of hydrogen-bond donors (Lipinski definition) is 1. The standard InChI is InChI=1S/C16H12N2O3/c1-21-11-6-4-10(5-7-11)9-13-14(19)12-3-2-8-17-15(12)18-16(13)20/h2-9H,1H3,(H,17,18,20)/b13-9-. The second kappa shape index (κ2) is 5.20. The molecule has 0 spiro atoms. The topological polar surface area (TPSA) is 68.3 Å². The number of rotatable bonds is 2. The fourth-order valence-electron chi connectivity index (χ4n) is 2.11. The lowest BCUT2D eigenvalue weighted by Crippen LogP contribution is -2.28. The highest BCUT2D eigenvalue weighted by atomic mass is 16.5. The molecule has 104 valence electrons. The van der Waals surface area contributed by atoms with Gasteiger partial charge < -0.3 is 10.1 Å². The summed E-state index contributed by atoms with van der Waals surface area (Å²) in [5.41, 5.74) is 1.25. The Labute approximate surface area is 121 Å². The predicted octanol–water partition coefficient (Wildman–Crippen LogP) is 2.31. The monoisotopic (exact) mass is 280 g/mol. The zero-order valence-corrected chi connectivity index (χ0v) is 11.3. The first kappa shape index (κ1) is 13.1. The zero-order chi connectivity index (χ0) is 14.8. The summed E-state index contributed by atoms with van der Waals surface area (Å²) in [7, 11) is 1.58. The number of aromatic nitrogens is 1. The number of carbonyl (C=O) groups is 2. The lowest BCUT2D eigenvalue weighted by Gasteiger charge is -2.16. The molecule has 0 saturated carbocycles. The zero-order valence-electron chi connectivity index (χ0n) is 11.3. The summed E-state index contributed by atoms with van der Waals surface area (Å²) in [4.78, 5) is 28.4. The Kier molecular flexibility index (Phi) is 3.23. The molecule has 5 nitrogen and oxygen atoms in total. The Balaban J connectivity index is 2.00. The van der Waals surface area contributed by atoms with Crippen LogP contribution in [-0.4, -0.2) is 23.8 Å². The summed E-state index contributed by atoms with van der Waals surface area (Å²) >= 11 is 0. The maximum absolute atomic E-state index is 12.4. The van der Waals surface area contributed by atoms with Crippen LogP contribution in [0.2, 0.25) is 0 Å². The predicted molar refractivity (Wildman–Crippen MR) is 78.2 cm³/mol. The number of ether oxygens (including phenoxy) is 1. The van der Waals surface area contributed by atoms with Crippen LogP contribution in [0.3, 0.4) is 0 Å². The van der Waals surface area contributed by atoms with E-state index in [1.54, 1.807) is 49.6 Å². The number of methoxy groups -OCH3 is 1. The second-order valence-electron chi connectivity index (χ2n) is 4.51. The molecule has 2 aromatic rings. The molecule has 1 N–H and O–H groups in total. The number of anilines is 1. The third kappa shape index (κ3) is 2.41. The molecule has 21 heavy (non-hydrogen) atoms. The van der Waals surface area contributed by atoms with Gasteiger partial charge in [-0.3, -0.25) is 9.59 Å². The fourth-order valence-corrected chi connectivity index (χ4v) is 2.11. The molecular formula is C16H12N2O3. The van der Waals surface area contributed by atoms with Crippen molar-refractivity contribution in [3.8, 4) is 5.75 Å². The molecule has 0 radical (unpaired) electrons. The van der Waals surface area contributed by atoms with Gasteiger partial charge in [0, 0.05) is 6.20 Å². The van der Waals surface area contributed by atoms with E-state index in [0.717, 1.165) is 5.56 Å². The van der Waals surface area contributed by atoms with Gasteiger partial charge in [0.05, 0.1) is 18.2 Å². The molecule has 0 saturated heterocycles. The van der Waals surface area contributed by atoms with E-state index in [-0.39, 0.29) is 11.4 Å². The first-order valence-electron chi connectivity index (χ1n) is 6.36.